The van der Waals surface area contributed by atoms with E-state index < -0.39 is 24.4 Å². The van der Waals surface area contributed by atoms with Gasteiger partial charge in [-0.15, -0.1) is 11.3 Å². The third kappa shape index (κ3) is 8.32. The van der Waals surface area contributed by atoms with Gasteiger partial charge in [-0.3, -0.25) is 0 Å². The van der Waals surface area contributed by atoms with Gasteiger partial charge in [-0.05, 0) is 63.5 Å². The van der Waals surface area contributed by atoms with Crippen LogP contribution in [-0.4, -0.2) is 56.6 Å². The van der Waals surface area contributed by atoms with E-state index in [2.05, 4.69) is 19.1 Å². The topological polar surface area (TPSA) is 101 Å². The summed E-state index contributed by atoms with van der Waals surface area (Å²) in [4.78, 5) is 2.54. The standard InChI is InChI=1S/C23H36O5S/c1-16-8-11-19(29-16)12-9-17(25)10-13-21-20(22(27)14-23(21)28)7-5-3-2-4-6-18(26)15-24/h3,5,8,10-11,13,17-18,20-28H,2,4,6-7,9,12,14-15H2,1H3/b5-3+,13-10+. The summed E-state index contributed by atoms with van der Waals surface area (Å²) in [7, 11) is 0. The van der Waals surface area contributed by atoms with Gasteiger partial charge in [-0.2, -0.15) is 0 Å². The fourth-order valence-corrected chi connectivity index (χ4v) is 4.81. The zero-order valence-electron chi connectivity index (χ0n) is 17.2. The first-order valence-corrected chi connectivity index (χ1v) is 11.4. The number of aryl methyl sites for hydroxylation is 2. The molecule has 5 N–H and O–H groups in total. The van der Waals surface area contributed by atoms with Gasteiger partial charge < -0.3 is 25.5 Å². The van der Waals surface area contributed by atoms with Gasteiger partial charge in [0.15, 0.2) is 0 Å². The zero-order chi connectivity index (χ0) is 21.2. The second kappa shape index (κ2) is 12.6. The normalized spacial score (nSPS) is 27.2. The van der Waals surface area contributed by atoms with Crippen molar-refractivity contribution < 1.29 is 25.5 Å². The van der Waals surface area contributed by atoms with Crippen LogP contribution < -0.4 is 0 Å². The Kier molecular flexibility index (Phi) is 10.6. The quantitative estimate of drug-likeness (QED) is 0.262. The van der Waals surface area contributed by atoms with E-state index in [-0.39, 0.29) is 18.4 Å². The van der Waals surface area contributed by atoms with E-state index in [0.717, 1.165) is 19.3 Å². The molecule has 1 aromatic rings. The van der Waals surface area contributed by atoms with Gasteiger partial charge in [0.1, 0.15) is 0 Å². The van der Waals surface area contributed by atoms with E-state index in [9.17, 15) is 20.4 Å². The van der Waals surface area contributed by atoms with Crippen molar-refractivity contribution >= 4 is 11.3 Å². The number of aliphatic hydroxyl groups excluding tert-OH is 5. The minimum Gasteiger partial charge on any atom is -0.394 e. The van der Waals surface area contributed by atoms with Crippen molar-refractivity contribution in [1.29, 1.82) is 0 Å². The van der Waals surface area contributed by atoms with Crippen LogP contribution in [0.25, 0.3) is 0 Å². The number of hydrogen-bond acceptors (Lipinski definition) is 6. The summed E-state index contributed by atoms with van der Waals surface area (Å²) < 4.78 is 0. The van der Waals surface area contributed by atoms with Crippen molar-refractivity contribution in [2.24, 2.45) is 11.8 Å². The number of unbranched alkanes of at least 4 members (excludes halogenated alkanes) is 1. The highest BCUT2D eigenvalue weighted by molar-refractivity contribution is 7.11. The maximum atomic E-state index is 10.3. The molecule has 0 amide bonds. The molecular weight excluding hydrogens is 388 g/mol. The van der Waals surface area contributed by atoms with Crippen LogP contribution >= 0.6 is 11.3 Å². The highest BCUT2D eigenvalue weighted by Crippen LogP contribution is 2.36. The smallest absolute Gasteiger partial charge is 0.0771 e. The summed E-state index contributed by atoms with van der Waals surface area (Å²) in [5.74, 6) is -0.225. The number of aliphatic hydroxyl groups is 5. The van der Waals surface area contributed by atoms with Gasteiger partial charge in [-0.1, -0.05) is 24.3 Å². The third-order valence-electron chi connectivity index (χ3n) is 5.65. The fraction of sp³-hybridized carbons (Fsp3) is 0.652. The SMILES string of the molecule is Cc1ccc(CCC(O)/C=C/C2C(O)CC(O)C2C/C=C/CCCC(O)CO)s1. The second-order valence-corrected chi connectivity index (χ2v) is 9.46. The van der Waals surface area contributed by atoms with Crippen molar-refractivity contribution in [3.8, 4) is 0 Å². The maximum Gasteiger partial charge on any atom is 0.0771 e. The fourth-order valence-electron chi connectivity index (χ4n) is 3.90. The summed E-state index contributed by atoms with van der Waals surface area (Å²) in [5.41, 5.74) is 0. The van der Waals surface area contributed by atoms with Gasteiger partial charge in [0.05, 0.1) is 31.0 Å². The highest BCUT2D eigenvalue weighted by Gasteiger charge is 2.39. The second-order valence-electron chi connectivity index (χ2n) is 8.09. The lowest BCUT2D eigenvalue weighted by molar-refractivity contribution is 0.0868. The van der Waals surface area contributed by atoms with E-state index in [1.807, 2.05) is 18.2 Å². The average molecular weight is 425 g/mol. The maximum absolute atomic E-state index is 10.3. The van der Waals surface area contributed by atoms with Crippen molar-refractivity contribution in [3.05, 3.63) is 46.2 Å². The summed E-state index contributed by atoms with van der Waals surface area (Å²) in [6.45, 7) is 1.87. The van der Waals surface area contributed by atoms with Gasteiger partial charge in [0.2, 0.25) is 0 Å². The number of allylic oxidation sites excluding steroid dienone is 2. The van der Waals surface area contributed by atoms with E-state index >= 15 is 0 Å². The molecule has 6 heteroatoms. The van der Waals surface area contributed by atoms with Gasteiger partial charge in [0.25, 0.3) is 0 Å². The van der Waals surface area contributed by atoms with Crippen LogP contribution in [0.4, 0.5) is 0 Å². The molecule has 0 aromatic carbocycles. The molecule has 6 unspecified atom stereocenters. The summed E-state index contributed by atoms with van der Waals surface area (Å²) in [6.07, 6.45) is 10.0. The molecule has 1 aromatic heterocycles. The molecule has 29 heavy (non-hydrogen) atoms. The third-order valence-corrected chi connectivity index (χ3v) is 6.71. The number of thiophene rings is 1. The van der Waals surface area contributed by atoms with Crippen molar-refractivity contribution in [2.75, 3.05) is 6.61 Å². The summed E-state index contributed by atoms with van der Waals surface area (Å²) in [6, 6.07) is 4.19. The molecule has 5 nitrogen and oxygen atoms in total. The monoisotopic (exact) mass is 424 g/mol. The molecule has 1 saturated carbocycles. The Labute approximate surface area is 178 Å². The molecule has 6 atom stereocenters. The predicted octanol–water partition coefficient (Wildman–Crippen LogP) is 2.73. The molecule has 1 heterocycles. The first-order chi connectivity index (χ1) is 13.9. The highest BCUT2D eigenvalue weighted by atomic mass is 32.1. The lowest BCUT2D eigenvalue weighted by Crippen LogP contribution is -2.20. The van der Waals surface area contributed by atoms with E-state index in [1.165, 1.54) is 9.75 Å². The van der Waals surface area contributed by atoms with Crippen LogP contribution in [-0.2, 0) is 6.42 Å². The first-order valence-electron chi connectivity index (χ1n) is 10.6. The minimum atomic E-state index is -0.653. The summed E-state index contributed by atoms with van der Waals surface area (Å²) >= 11 is 1.75. The van der Waals surface area contributed by atoms with Crippen molar-refractivity contribution in [2.45, 2.75) is 76.3 Å². The Morgan fingerprint density at radius 2 is 1.93 bits per heavy atom. The summed E-state index contributed by atoms with van der Waals surface area (Å²) in [5, 5.41) is 49.0. The Balaban J connectivity index is 1.79. The predicted molar refractivity (Wildman–Crippen MR) is 117 cm³/mol. The van der Waals surface area contributed by atoms with Crippen LogP contribution in [0.2, 0.25) is 0 Å². The Morgan fingerprint density at radius 3 is 2.62 bits per heavy atom. The molecule has 0 spiro atoms. The average Bonchev–Trinajstić information content (AvgIpc) is 3.23. The van der Waals surface area contributed by atoms with E-state index in [4.69, 9.17) is 5.11 Å². The molecule has 0 aliphatic heterocycles. The minimum absolute atomic E-state index is 0.0623. The van der Waals surface area contributed by atoms with Crippen molar-refractivity contribution in [3.63, 3.8) is 0 Å². The molecule has 164 valence electrons. The molecule has 2 rings (SSSR count). The van der Waals surface area contributed by atoms with Crippen LogP contribution in [0, 0.1) is 18.8 Å². The Bertz CT molecular complexity index is 641. The number of hydrogen-bond donors (Lipinski definition) is 5. The largest absolute Gasteiger partial charge is 0.394 e. The zero-order valence-corrected chi connectivity index (χ0v) is 18.0. The van der Waals surface area contributed by atoms with E-state index in [0.29, 0.717) is 25.7 Å². The van der Waals surface area contributed by atoms with Crippen LogP contribution in [0.5, 0.6) is 0 Å². The Morgan fingerprint density at radius 1 is 1.14 bits per heavy atom. The lowest BCUT2D eigenvalue weighted by Gasteiger charge is -2.19. The lowest BCUT2D eigenvalue weighted by atomic mass is 9.89. The van der Waals surface area contributed by atoms with Gasteiger partial charge >= 0.3 is 0 Å². The molecule has 0 bridgehead atoms. The molecule has 0 saturated heterocycles. The molecule has 1 aliphatic rings. The van der Waals surface area contributed by atoms with Gasteiger partial charge in [0, 0.05) is 22.1 Å². The van der Waals surface area contributed by atoms with Gasteiger partial charge in [-0.25, -0.2) is 0 Å². The van der Waals surface area contributed by atoms with Crippen LogP contribution in [0.3, 0.4) is 0 Å². The molecule has 0 radical (unpaired) electrons. The Hall–Kier alpha value is -1.02. The number of rotatable bonds is 12. The first kappa shape index (κ1) is 24.3. The van der Waals surface area contributed by atoms with Crippen molar-refractivity contribution in [1.82, 2.24) is 0 Å². The molecule has 1 aliphatic carbocycles. The molecule has 1 fully saturated rings. The van der Waals surface area contributed by atoms with E-state index in [1.54, 1.807) is 17.4 Å². The van der Waals surface area contributed by atoms with Crippen LogP contribution in [0.15, 0.2) is 36.4 Å². The molecular formula is C23H36O5S. The van der Waals surface area contributed by atoms with Crippen LogP contribution in [0.1, 0.15) is 48.3 Å².